The molecule has 0 saturated heterocycles. The van der Waals surface area contributed by atoms with Gasteiger partial charge in [0.15, 0.2) is 11.5 Å². The van der Waals surface area contributed by atoms with E-state index in [-0.39, 0.29) is 5.91 Å². The Morgan fingerprint density at radius 3 is 2.50 bits per heavy atom. The number of rotatable bonds is 5. The molecule has 0 radical (unpaired) electrons. The van der Waals surface area contributed by atoms with Crippen molar-refractivity contribution in [3.8, 4) is 11.5 Å². The maximum atomic E-state index is 12.6. The fourth-order valence-electron chi connectivity index (χ4n) is 3.60. The standard InChI is InChI=1S/C21H24N2O3/c24-21(18-6-3-7-19-20(18)26-13-12-25-19)23-17-10-8-16(9-11-17)22-14-15-4-1-2-5-15/h3,6-11,15,22H,1-2,4-5,12-14H2,(H,23,24). The lowest BCUT2D eigenvalue weighted by Crippen LogP contribution is -2.20. The van der Waals surface area contributed by atoms with Crippen LogP contribution in [0.15, 0.2) is 42.5 Å². The van der Waals surface area contributed by atoms with E-state index in [9.17, 15) is 4.79 Å². The van der Waals surface area contributed by atoms with Crippen molar-refractivity contribution in [1.82, 2.24) is 0 Å². The molecule has 1 aliphatic heterocycles. The van der Waals surface area contributed by atoms with E-state index in [4.69, 9.17) is 9.47 Å². The van der Waals surface area contributed by atoms with Crippen LogP contribution in [0.3, 0.4) is 0 Å². The molecule has 0 unspecified atom stereocenters. The number of nitrogens with one attached hydrogen (secondary N) is 2. The van der Waals surface area contributed by atoms with Crippen molar-refractivity contribution >= 4 is 17.3 Å². The molecule has 4 rings (SSSR count). The molecule has 136 valence electrons. The molecule has 2 aromatic rings. The largest absolute Gasteiger partial charge is 0.486 e. The highest BCUT2D eigenvalue weighted by Crippen LogP contribution is 2.34. The fourth-order valence-corrected chi connectivity index (χ4v) is 3.60. The van der Waals surface area contributed by atoms with Gasteiger partial charge >= 0.3 is 0 Å². The molecule has 0 bridgehead atoms. The maximum absolute atomic E-state index is 12.6. The number of hydrogen-bond acceptors (Lipinski definition) is 4. The van der Waals surface area contributed by atoms with E-state index in [1.807, 2.05) is 30.3 Å². The Bertz CT molecular complexity index is 767. The first-order valence-corrected chi connectivity index (χ1v) is 9.33. The van der Waals surface area contributed by atoms with Crippen LogP contribution in [0.1, 0.15) is 36.0 Å². The topological polar surface area (TPSA) is 59.6 Å². The minimum absolute atomic E-state index is 0.195. The van der Waals surface area contributed by atoms with Crippen molar-refractivity contribution in [1.29, 1.82) is 0 Å². The lowest BCUT2D eigenvalue weighted by Gasteiger charge is -2.20. The molecule has 2 aromatic carbocycles. The Hall–Kier alpha value is -2.69. The number of para-hydroxylation sites is 1. The average molecular weight is 352 g/mol. The number of carbonyl (C=O) groups excluding carboxylic acids is 1. The number of amides is 1. The van der Waals surface area contributed by atoms with Crippen LogP contribution in [-0.2, 0) is 0 Å². The molecule has 1 fully saturated rings. The van der Waals surface area contributed by atoms with Crippen molar-refractivity contribution in [2.75, 3.05) is 30.4 Å². The zero-order valence-corrected chi connectivity index (χ0v) is 14.8. The van der Waals surface area contributed by atoms with Gasteiger partial charge in [0.25, 0.3) is 5.91 Å². The second kappa shape index (κ2) is 7.68. The van der Waals surface area contributed by atoms with Crippen molar-refractivity contribution in [2.45, 2.75) is 25.7 Å². The number of ether oxygens (including phenoxy) is 2. The molecule has 1 aliphatic carbocycles. The van der Waals surface area contributed by atoms with Crippen LogP contribution in [-0.4, -0.2) is 25.7 Å². The van der Waals surface area contributed by atoms with Gasteiger partial charge in [-0.3, -0.25) is 4.79 Å². The highest BCUT2D eigenvalue weighted by atomic mass is 16.6. The first-order chi connectivity index (χ1) is 12.8. The van der Waals surface area contributed by atoms with Crippen LogP contribution < -0.4 is 20.1 Å². The average Bonchev–Trinajstić information content (AvgIpc) is 3.20. The Labute approximate surface area is 153 Å². The van der Waals surface area contributed by atoms with Crippen LogP contribution in [0.25, 0.3) is 0 Å². The highest BCUT2D eigenvalue weighted by Gasteiger charge is 2.20. The summed E-state index contributed by atoms with van der Waals surface area (Å²) in [6.45, 7) is 1.99. The third-order valence-corrected chi connectivity index (χ3v) is 5.02. The van der Waals surface area contributed by atoms with Gasteiger partial charge in [-0.15, -0.1) is 0 Å². The predicted molar refractivity (Wildman–Crippen MR) is 102 cm³/mol. The van der Waals surface area contributed by atoms with Gasteiger partial charge < -0.3 is 20.1 Å². The van der Waals surface area contributed by atoms with Crippen molar-refractivity contribution < 1.29 is 14.3 Å². The summed E-state index contributed by atoms with van der Waals surface area (Å²) in [5.74, 6) is 1.74. The molecule has 0 aromatic heterocycles. The third-order valence-electron chi connectivity index (χ3n) is 5.02. The maximum Gasteiger partial charge on any atom is 0.259 e. The van der Waals surface area contributed by atoms with E-state index in [1.165, 1.54) is 25.7 Å². The number of fused-ring (bicyclic) bond motifs is 1. The predicted octanol–water partition coefficient (Wildman–Crippen LogP) is 4.31. The molecule has 1 heterocycles. The highest BCUT2D eigenvalue weighted by molar-refractivity contribution is 6.06. The van der Waals surface area contributed by atoms with E-state index in [2.05, 4.69) is 10.6 Å². The number of hydrogen-bond donors (Lipinski definition) is 2. The smallest absolute Gasteiger partial charge is 0.259 e. The Morgan fingerprint density at radius 2 is 1.69 bits per heavy atom. The third kappa shape index (κ3) is 3.77. The van der Waals surface area contributed by atoms with Gasteiger partial charge in [0.05, 0.1) is 5.56 Å². The summed E-state index contributed by atoms with van der Waals surface area (Å²) < 4.78 is 11.2. The molecule has 2 aliphatic rings. The summed E-state index contributed by atoms with van der Waals surface area (Å²) in [5.41, 5.74) is 2.34. The van der Waals surface area contributed by atoms with Crippen molar-refractivity contribution in [3.63, 3.8) is 0 Å². The molecular weight excluding hydrogens is 328 g/mol. The molecule has 26 heavy (non-hydrogen) atoms. The summed E-state index contributed by atoms with van der Waals surface area (Å²) in [7, 11) is 0. The normalized spacial score (nSPS) is 16.3. The number of benzene rings is 2. The monoisotopic (exact) mass is 352 g/mol. The Balaban J connectivity index is 1.38. The zero-order chi connectivity index (χ0) is 17.8. The van der Waals surface area contributed by atoms with Gasteiger partial charge in [0, 0.05) is 17.9 Å². The molecule has 5 nitrogen and oxygen atoms in total. The first kappa shape index (κ1) is 16.8. The van der Waals surface area contributed by atoms with Crippen LogP contribution in [0, 0.1) is 5.92 Å². The van der Waals surface area contributed by atoms with Crippen LogP contribution in [0.2, 0.25) is 0 Å². The summed E-state index contributed by atoms with van der Waals surface area (Å²) in [4.78, 5) is 12.6. The summed E-state index contributed by atoms with van der Waals surface area (Å²) in [6, 6.07) is 13.2. The molecule has 0 spiro atoms. The molecule has 5 heteroatoms. The summed E-state index contributed by atoms with van der Waals surface area (Å²) in [6.07, 6.45) is 5.37. The lowest BCUT2D eigenvalue weighted by molar-refractivity contribution is 0.101. The van der Waals surface area contributed by atoms with Crippen molar-refractivity contribution in [3.05, 3.63) is 48.0 Å². The quantitative estimate of drug-likeness (QED) is 0.842. The zero-order valence-electron chi connectivity index (χ0n) is 14.8. The Kier molecular flexibility index (Phi) is 4.95. The molecule has 2 N–H and O–H groups in total. The second-order valence-corrected chi connectivity index (χ2v) is 6.89. The van der Waals surface area contributed by atoms with Gasteiger partial charge in [0.1, 0.15) is 13.2 Å². The summed E-state index contributed by atoms with van der Waals surface area (Å²) >= 11 is 0. The molecule has 0 atom stereocenters. The van der Waals surface area contributed by atoms with E-state index < -0.39 is 0 Å². The minimum atomic E-state index is -0.195. The molecule has 1 amide bonds. The Morgan fingerprint density at radius 1 is 0.962 bits per heavy atom. The SMILES string of the molecule is O=C(Nc1ccc(NCC2CCCC2)cc1)c1cccc2c1OCCO2. The van der Waals surface area contributed by atoms with Crippen LogP contribution in [0.5, 0.6) is 11.5 Å². The molecule has 1 saturated carbocycles. The first-order valence-electron chi connectivity index (χ1n) is 9.33. The van der Waals surface area contributed by atoms with Gasteiger partial charge in [0.2, 0.25) is 0 Å². The molecular formula is C21H24N2O3. The van der Waals surface area contributed by atoms with Gasteiger partial charge in [-0.1, -0.05) is 18.9 Å². The van der Waals surface area contributed by atoms with Gasteiger partial charge in [-0.05, 0) is 55.2 Å². The minimum Gasteiger partial charge on any atom is -0.486 e. The van der Waals surface area contributed by atoms with Crippen LogP contribution >= 0.6 is 0 Å². The van der Waals surface area contributed by atoms with E-state index in [1.54, 1.807) is 12.1 Å². The van der Waals surface area contributed by atoms with Gasteiger partial charge in [-0.2, -0.15) is 0 Å². The van der Waals surface area contributed by atoms with E-state index in [0.717, 1.165) is 23.8 Å². The van der Waals surface area contributed by atoms with E-state index >= 15 is 0 Å². The van der Waals surface area contributed by atoms with Crippen molar-refractivity contribution in [2.24, 2.45) is 5.92 Å². The van der Waals surface area contributed by atoms with Crippen LogP contribution in [0.4, 0.5) is 11.4 Å². The summed E-state index contributed by atoms with van der Waals surface area (Å²) in [5, 5.41) is 6.42. The number of carbonyl (C=O) groups is 1. The van der Waals surface area contributed by atoms with E-state index in [0.29, 0.717) is 30.3 Å². The lowest BCUT2D eigenvalue weighted by atomic mass is 10.1. The fraction of sp³-hybridized carbons (Fsp3) is 0.381. The number of anilines is 2. The second-order valence-electron chi connectivity index (χ2n) is 6.89. The van der Waals surface area contributed by atoms with Gasteiger partial charge in [-0.25, -0.2) is 0 Å².